The number of halogens is 1. The van der Waals surface area contributed by atoms with E-state index in [1.807, 2.05) is 12.1 Å². The fourth-order valence-corrected chi connectivity index (χ4v) is 4.17. The van der Waals surface area contributed by atoms with Gasteiger partial charge in [0.2, 0.25) is 0 Å². The first-order valence-corrected chi connectivity index (χ1v) is 8.74. The van der Waals surface area contributed by atoms with Gasteiger partial charge in [-0.05, 0) is 43.4 Å². The number of hydrogen-bond donors (Lipinski definition) is 0. The van der Waals surface area contributed by atoms with Gasteiger partial charge in [0, 0.05) is 32.2 Å². The molecule has 0 N–H and O–H groups in total. The topological polar surface area (TPSA) is 43.9 Å². The lowest BCUT2D eigenvalue weighted by Crippen LogP contribution is -2.48. The van der Waals surface area contributed by atoms with E-state index in [2.05, 4.69) is 4.90 Å². The van der Waals surface area contributed by atoms with Crippen molar-refractivity contribution in [1.82, 2.24) is 14.7 Å². The van der Waals surface area contributed by atoms with Crippen molar-refractivity contribution < 1.29 is 14.0 Å². The molecular weight excluding hydrogens is 309 g/mol. The minimum atomic E-state index is -0.218. The Balaban J connectivity index is 1.35. The van der Waals surface area contributed by atoms with Crippen LogP contribution in [0.15, 0.2) is 24.3 Å². The number of nitrogens with zero attached hydrogens (tertiary/aromatic N) is 3. The Morgan fingerprint density at radius 2 is 1.71 bits per heavy atom. The molecule has 3 saturated heterocycles. The highest BCUT2D eigenvalue weighted by molar-refractivity contribution is 6.04. The second kappa shape index (κ2) is 6.16. The summed E-state index contributed by atoms with van der Waals surface area (Å²) >= 11 is 0. The molecule has 0 radical (unpaired) electrons. The molecule has 5 nitrogen and oxygen atoms in total. The molecule has 3 heterocycles. The summed E-state index contributed by atoms with van der Waals surface area (Å²) < 4.78 is 13.0. The van der Waals surface area contributed by atoms with Crippen molar-refractivity contribution in [3.8, 4) is 0 Å². The summed E-state index contributed by atoms with van der Waals surface area (Å²) in [6.45, 7) is 3.20. The molecule has 24 heavy (non-hydrogen) atoms. The third-order valence-corrected chi connectivity index (χ3v) is 5.47. The van der Waals surface area contributed by atoms with Crippen molar-refractivity contribution >= 4 is 11.9 Å². The third kappa shape index (κ3) is 2.69. The van der Waals surface area contributed by atoms with E-state index in [1.54, 1.807) is 4.90 Å². The molecule has 3 aliphatic heterocycles. The van der Waals surface area contributed by atoms with Gasteiger partial charge in [-0.15, -0.1) is 0 Å². The van der Waals surface area contributed by atoms with Crippen LogP contribution in [0.3, 0.4) is 0 Å². The van der Waals surface area contributed by atoms with Crippen molar-refractivity contribution in [2.75, 3.05) is 19.6 Å². The summed E-state index contributed by atoms with van der Waals surface area (Å²) in [5.74, 6) is -0.210. The molecule has 1 aromatic rings. The number of piperidine rings is 1. The van der Waals surface area contributed by atoms with Crippen molar-refractivity contribution in [3.63, 3.8) is 0 Å². The van der Waals surface area contributed by atoms with Gasteiger partial charge < -0.3 is 4.90 Å². The Morgan fingerprint density at radius 3 is 2.38 bits per heavy atom. The molecule has 1 aromatic carbocycles. The molecule has 0 aromatic heterocycles. The minimum absolute atomic E-state index is 0.00878. The van der Waals surface area contributed by atoms with Gasteiger partial charge in [0.1, 0.15) is 11.9 Å². The van der Waals surface area contributed by atoms with Crippen LogP contribution >= 0.6 is 0 Å². The maximum absolute atomic E-state index is 13.0. The number of benzene rings is 1. The first-order chi connectivity index (χ1) is 11.6. The smallest absolute Gasteiger partial charge is 0.312 e. The van der Waals surface area contributed by atoms with Gasteiger partial charge in [-0.25, -0.2) is 9.18 Å². The summed E-state index contributed by atoms with van der Waals surface area (Å²) in [6.07, 6.45) is 3.38. The number of imide groups is 1. The third-order valence-electron chi connectivity index (χ3n) is 5.47. The SMILES string of the molecule is O=C1C2CCCN2C(=O)N1C1CCN(Cc2ccc(F)cc2)CC1. The first kappa shape index (κ1) is 15.6. The molecule has 0 spiro atoms. The van der Waals surface area contributed by atoms with Crippen molar-refractivity contribution in [3.05, 3.63) is 35.6 Å². The van der Waals surface area contributed by atoms with Crippen LogP contribution in [-0.4, -0.2) is 58.4 Å². The van der Waals surface area contributed by atoms with E-state index in [-0.39, 0.29) is 29.8 Å². The second-order valence-electron chi connectivity index (χ2n) is 6.98. The number of hydrogen-bond acceptors (Lipinski definition) is 3. The van der Waals surface area contributed by atoms with Crippen molar-refractivity contribution in [1.29, 1.82) is 0 Å². The molecule has 4 rings (SSSR count). The average Bonchev–Trinajstić information content (AvgIpc) is 3.15. The maximum atomic E-state index is 13.0. The monoisotopic (exact) mass is 331 g/mol. The van der Waals surface area contributed by atoms with Gasteiger partial charge in [0.15, 0.2) is 0 Å². The molecular formula is C18H22FN3O2. The largest absolute Gasteiger partial charge is 0.327 e. The van der Waals surface area contributed by atoms with Crippen LogP contribution in [0.4, 0.5) is 9.18 Å². The van der Waals surface area contributed by atoms with Crippen LogP contribution in [0.2, 0.25) is 0 Å². The van der Waals surface area contributed by atoms with Crippen LogP contribution in [0, 0.1) is 5.82 Å². The Morgan fingerprint density at radius 1 is 1.00 bits per heavy atom. The number of carbonyl (C=O) groups is 2. The Hall–Kier alpha value is -1.95. The fourth-order valence-electron chi connectivity index (χ4n) is 4.17. The molecule has 0 saturated carbocycles. The summed E-state index contributed by atoms with van der Waals surface area (Å²) in [6, 6.07) is 6.33. The zero-order chi connectivity index (χ0) is 16.7. The highest BCUT2D eigenvalue weighted by Gasteiger charge is 2.49. The molecule has 3 amide bonds. The predicted octanol–water partition coefficient (Wildman–Crippen LogP) is 2.22. The lowest BCUT2D eigenvalue weighted by atomic mass is 10.0. The van der Waals surface area contributed by atoms with E-state index in [1.165, 1.54) is 17.0 Å². The number of likely N-dealkylation sites (tertiary alicyclic amines) is 1. The molecule has 3 fully saturated rings. The molecule has 1 unspecified atom stereocenters. The summed E-state index contributed by atoms with van der Waals surface area (Å²) in [5, 5.41) is 0. The number of fused-ring (bicyclic) bond motifs is 1. The fraction of sp³-hybridized carbons (Fsp3) is 0.556. The van der Waals surface area contributed by atoms with Gasteiger partial charge in [-0.1, -0.05) is 12.1 Å². The predicted molar refractivity (Wildman–Crippen MR) is 86.7 cm³/mol. The highest BCUT2D eigenvalue weighted by atomic mass is 19.1. The maximum Gasteiger partial charge on any atom is 0.327 e. The van der Waals surface area contributed by atoms with E-state index in [0.717, 1.165) is 57.4 Å². The lowest BCUT2D eigenvalue weighted by Gasteiger charge is -2.35. The van der Waals surface area contributed by atoms with E-state index < -0.39 is 0 Å². The Labute approximate surface area is 141 Å². The number of carbonyl (C=O) groups excluding carboxylic acids is 2. The normalized spacial score (nSPS) is 25.6. The van der Waals surface area contributed by atoms with Gasteiger partial charge >= 0.3 is 6.03 Å². The minimum Gasteiger partial charge on any atom is -0.312 e. The molecule has 6 heteroatoms. The molecule has 3 aliphatic rings. The van der Waals surface area contributed by atoms with Gasteiger partial charge in [0.25, 0.3) is 5.91 Å². The van der Waals surface area contributed by atoms with E-state index in [0.29, 0.717) is 0 Å². The molecule has 0 aliphatic carbocycles. The van der Waals surface area contributed by atoms with E-state index in [9.17, 15) is 14.0 Å². The zero-order valence-electron chi connectivity index (χ0n) is 13.7. The Bertz CT molecular complexity index is 618. The van der Waals surface area contributed by atoms with Crippen molar-refractivity contribution in [2.45, 2.75) is 44.3 Å². The zero-order valence-corrected chi connectivity index (χ0v) is 13.7. The number of urea groups is 1. The average molecular weight is 331 g/mol. The number of rotatable bonds is 3. The van der Waals surface area contributed by atoms with Gasteiger partial charge in [-0.3, -0.25) is 14.6 Å². The van der Waals surface area contributed by atoms with Crippen molar-refractivity contribution in [2.24, 2.45) is 0 Å². The van der Waals surface area contributed by atoms with Crippen LogP contribution in [0.1, 0.15) is 31.2 Å². The quantitative estimate of drug-likeness (QED) is 0.798. The van der Waals surface area contributed by atoms with E-state index >= 15 is 0 Å². The van der Waals surface area contributed by atoms with E-state index in [4.69, 9.17) is 0 Å². The summed E-state index contributed by atoms with van der Waals surface area (Å²) in [4.78, 5) is 30.6. The highest BCUT2D eigenvalue weighted by Crippen LogP contribution is 2.31. The molecule has 128 valence electrons. The lowest BCUT2D eigenvalue weighted by molar-refractivity contribution is -0.130. The standard InChI is InChI=1S/C18H22FN3O2/c19-14-5-3-13(4-6-14)12-20-10-7-15(8-11-20)22-17(23)16-2-1-9-21(16)18(22)24/h3-6,15-16H,1-2,7-12H2. The Kier molecular flexibility index (Phi) is 4.00. The number of amides is 3. The van der Waals surface area contributed by atoms with Gasteiger partial charge in [-0.2, -0.15) is 0 Å². The first-order valence-electron chi connectivity index (χ1n) is 8.74. The molecule has 0 bridgehead atoms. The summed E-state index contributed by atoms with van der Waals surface area (Å²) in [5.41, 5.74) is 1.09. The summed E-state index contributed by atoms with van der Waals surface area (Å²) in [7, 11) is 0. The second-order valence-corrected chi connectivity index (χ2v) is 6.98. The van der Waals surface area contributed by atoms with Crippen LogP contribution < -0.4 is 0 Å². The van der Waals surface area contributed by atoms with Crippen LogP contribution in [-0.2, 0) is 11.3 Å². The molecule has 1 atom stereocenters. The van der Waals surface area contributed by atoms with Crippen LogP contribution in [0.25, 0.3) is 0 Å². The van der Waals surface area contributed by atoms with Crippen LogP contribution in [0.5, 0.6) is 0 Å². The van der Waals surface area contributed by atoms with Gasteiger partial charge in [0.05, 0.1) is 0 Å².